The number of amides is 1. The van der Waals surface area contributed by atoms with E-state index in [1.807, 2.05) is 6.07 Å². The summed E-state index contributed by atoms with van der Waals surface area (Å²) >= 11 is 6.05. The van der Waals surface area contributed by atoms with Crippen molar-refractivity contribution in [3.63, 3.8) is 0 Å². The number of hydrogen-bond acceptors (Lipinski definition) is 5. The molecule has 0 saturated heterocycles. The van der Waals surface area contributed by atoms with Crippen LogP contribution in [0.25, 0.3) is 16.7 Å². The molecule has 1 aliphatic carbocycles. The first-order valence-electron chi connectivity index (χ1n) is 9.00. The molecule has 0 radical (unpaired) electrons. The molecule has 4 aromatic heterocycles. The van der Waals surface area contributed by atoms with E-state index in [9.17, 15) is 14.0 Å². The Labute approximate surface area is 168 Å². The van der Waals surface area contributed by atoms with E-state index in [1.165, 1.54) is 22.7 Å². The number of hydrogen-bond donors (Lipinski definition) is 1. The van der Waals surface area contributed by atoms with E-state index in [0.29, 0.717) is 22.6 Å². The van der Waals surface area contributed by atoms with Gasteiger partial charge in [-0.25, -0.2) is 14.4 Å². The van der Waals surface area contributed by atoms with Gasteiger partial charge in [0.25, 0.3) is 5.56 Å². The Balaban J connectivity index is 1.62. The Morgan fingerprint density at radius 2 is 2.10 bits per heavy atom. The van der Waals surface area contributed by atoms with Gasteiger partial charge in [-0.05, 0) is 37.1 Å². The van der Waals surface area contributed by atoms with Crippen molar-refractivity contribution in [3.05, 3.63) is 63.5 Å². The summed E-state index contributed by atoms with van der Waals surface area (Å²) in [5, 5.41) is 7.57. The molecular formula is C19H14ClFN6O2. The Hall–Kier alpha value is -3.33. The lowest BCUT2D eigenvalue weighted by Crippen LogP contribution is -2.25. The molecule has 0 unspecified atom stereocenters. The summed E-state index contributed by atoms with van der Waals surface area (Å²) < 4.78 is 15.9. The lowest BCUT2D eigenvalue weighted by atomic mass is 10.3. The quantitative estimate of drug-likeness (QED) is 0.520. The van der Waals surface area contributed by atoms with E-state index in [2.05, 4.69) is 20.4 Å². The van der Waals surface area contributed by atoms with Crippen LogP contribution in [0.1, 0.15) is 24.5 Å². The molecule has 0 aromatic carbocycles. The number of nitrogens with one attached hydrogen (secondary N) is 1. The molecule has 0 bridgehead atoms. The molecule has 1 amide bonds. The predicted molar refractivity (Wildman–Crippen MR) is 105 cm³/mol. The monoisotopic (exact) mass is 412 g/mol. The van der Waals surface area contributed by atoms with Crippen LogP contribution in [0.15, 0.2) is 41.3 Å². The molecule has 8 nitrogen and oxygen atoms in total. The number of fused-ring (bicyclic) bond motifs is 2. The maximum absolute atomic E-state index is 13.0. The average Bonchev–Trinajstić information content (AvgIpc) is 3.45. The zero-order valence-corrected chi connectivity index (χ0v) is 15.7. The van der Waals surface area contributed by atoms with Crippen LogP contribution in [0.3, 0.4) is 0 Å². The molecule has 0 atom stereocenters. The normalized spacial score (nSPS) is 13.9. The zero-order valence-electron chi connectivity index (χ0n) is 15.0. The van der Waals surface area contributed by atoms with Gasteiger partial charge in [0.2, 0.25) is 5.91 Å². The minimum absolute atomic E-state index is 0.150. The summed E-state index contributed by atoms with van der Waals surface area (Å²) in [5.74, 6) is -0.357. The molecule has 29 heavy (non-hydrogen) atoms. The van der Waals surface area contributed by atoms with Gasteiger partial charge in [-0.3, -0.25) is 9.59 Å². The molecule has 0 spiro atoms. The number of carbonyl (C=O) groups excluding carboxylic acids is 1. The maximum atomic E-state index is 13.0. The second kappa shape index (κ2) is 6.63. The topological polar surface area (TPSA) is 94.2 Å². The van der Waals surface area contributed by atoms with Gasteiger partial charge in [0, 0.05) is 12.0 Å². The van der Waals surface area contributed by atoms with Gasteiger partial charge in [0.15, 0.2) is 0 Å². The molecule has 1 aliphatic rings. The molecule has 10 heteroatoms. The van der Waals surface area contributed by atoms with Crippen molar-refractivity contribution in [3.8, 4) is 0 Å². The number of rotatable bonds is 4. The summed E-state index contributed by atoms with van der Waals surface area (Å²) in [6.45, 7) is -0.150. The number of anilines is 1. The van der Waals surface area contributed by atoms with Crippen molar-refractivity contribution < 1.29 is 9.18 Å². The van der Waals surface area contributed by atoms with Gasteiger partial charge in [-0.2, -0.15) is 9.61 Å². The number of aromatic nitrogens is 5. The second-order valence-corrected chi connectivity index (χ2v) is 7.31. The summed E-state index contributed by atoms with van der Waals surface area (Å²) in [5.41, 5.74) is 1.25. The van der Waals surface area contributed by atoms with Crippen molar-refractivity contribution in [2.45, 2.75) is 25.3 Å². The molecule has 4 aromatic rings. The van der Waals surface area contributed by atoms with Gasteiger partial charge in [-0.1, -0.05) is 11.6 Å². The molecule has 1 fully saturated rings. The smallest absolute Gasteiger partial charge is 0.283 e. The third-order valence-electron chi connectivity index (χ3n) is 4.80. The Morgan fingerprint density at radius 1 is 1.28 bits per heavy atom. The van der Waals surface area contributed by atoms with Crippen molar-refractivity contribution in [1.29, 1.82) is 0 Å². The standard InChI is InChI=1S/C19H14ClFN6O2/c20-14-5-4-12-18(23-14)26(9-16(28)24-15-6-3-11(21)8-22-15)17-7-13(10-1-2-10)25-27(17)19(12)29/h3-8,10H,1-2,9H2,(H,22,24,28). The lowest BCUT2D eigenvalue weighted by Gasteiger charge is -2.12. The van der Waals surface area contributed by atoms with E-state index in [4.69, 9.17) is 11.6 Å². The Morgan fingerprint density at radius 3 is 2.83 bits per heavy atom. The third-order valence-corrected chi connectivity index (χ3v) is 5.01. The van der Waals surface area contributed by atoms with Crippen molar-refractivity contribution >= 4 is 40.0 Å². The van der Waals surface area contributed by atoms with Crippen LogP contribution >= 0.6 is 11.6 Å². The van der Waals surface area contributed by atoms with Crippen molar-refractivity contribution in [1.82, 2.24) is 24.1 Å². The van der Waals surface area contributed by atoms with Gasteiger partial charge in [0.1, 0.15) is 34.6 Å². The zero-order chi connectivity index (χ0) is 20.1. The SMILES string of the molecule is O=C(Cn1c2nc(Cl)ccc2c(=O)n2nc(C3CC3)cc12)Nc1ccc(F)cn1. The molecular weight excluding hydrogens is 399 g/mol. The highest BCUT2D eigenvalue weighted by Gasteiger charge is 2.28. The van der Waals surface area contributed by atoms with Gasteiger partial charge in [0.05, 0.1) is 17.3 Å². The molecule has 4 heterocycles. The van der Waals surface area contributed by atoms with E-state index >= 15 is 0 Å². The van der Waals surface area contributed by atoms with Crippen LogP contribution in [-0.4, -0.2) is 30.1 Å². The van der Waals surface area contributed by atoms with Gasteiger partial charge in [-0.15, -0.1) is 0 Å². The first kappa shape index (κ1) is 17.7. The molecule has 146 valence electrons. The fourth-order valence-corrected chi connectivity index (χ4v) is 3.40. The summed E-state index contributed by atoms with van der Waals surface area (Å²) in [7, 11) is 0. The van der Waals surface area contributed by atoms with Crippen LogP contribution in [0.4, 0.5) is 10.2 Å². The second-order valence-electron chi connectivity index (χ2n) is 6.92. The average molecular weight is 413 g/mol. The van der Waals surface area contributed by atoms with Crippen LogP contribution in [0.5, 0.6) is 0 Å². The fourth-order valence-electron chi connectivity index (χ4n) is 3.26. The molecule has 0 aliphatic heterocycles. The first-order chi connectivity index (χ1) is 14.0. The lowest BCUT2D eigenvalue weighted by molar-refractivity contribution is -0.116. The number of nitrogens with zero attached hydrogens (tertiary/aromatic N) is 5. The number of carbonyl (C=O) groups is 1. The summed E-state index contributed by atoms with van der Waals surface area (Å²) in [4.78, 5) is 33.6. The van der Waals surface area contributed by atoms with Crippen molar-refractivity contribution in [2.75, 3.05) is 5.32 Å². The summed E-state index contributed by atoms with van der Waals surface area (Å²) in [6.07, 6.45) is 3.07. The Kier molecular flexibility index (Phi) is 4.06. The van der Waals surface area contributed by atoms with Crippen LogP contribution in [-0.2, 0) is 11.3 Å². The number of halogens is 2. The largest absolute Gasteiger partial charge is 0.309 e. The predicted octanol–water partition coefficient (Wildman–Crippen LogP) is 2.75. The van der Waals surface area contributed by atoms with Crippen LogP contribution in [0, 0.1) is 5.82 Å². The Bertz CT molecular complexity index is 1330. The summed E-state index contributed by atoms with van der Waals surface area (Å²) in [6, 6.07) is 7.47. The highest BCUT2D eigenvalue weighted by molar-refractivity contribution is 6.29. The van der Waals surface area contributed by atoms with Gasteiger partial charge >= 0.3 is 0 Å². The maximum Gasteiger partial charge on any atom is 0.283 e. The molecule has 5 rings (SSSR count). The van der Waals surface area contributed by atoms with Crippen LogP contribution < -0.4 is 10.9 Å². The minimum Gasteiger partial charge on any atom is -0.309 e. The first-order valence-corrected chi connectivity index (χ1v) is 9.37. The van der Waals surface area contributed by atoms with Crippen LogP contribution in [0.2, 0.25) is 5.15 Å². The van der Waals surface area contributed by atoms with Gasteiger partial charge < -0.3 is 9.88 Å². The number of pyridine rings is 2. The minimum atomic E-state index is -0.498. The molecule has 1 saturated carbocycles. The van der Waals surface area contributed by atoms with E-state index in [0.717, 1.165) is 24.7 Å². The van der Waals surface area contributed by atoms with E-state index < -0.39 is 11.7 Å². The fraction of sp³-hybridized carbons (Fsp3) is 0.211. The highest BCUT2D eigenvalue weighted by Crippen LogP contribution is 2.39. The highest BCUT2D eigenvalue weighted by atomic mass is 35.5. The molecule has 1 N–H and O–H groups in total. The van der Waals surface area contributed by atoms with E-state index in [1.54, 1.807) is 10.6 Å². The third kappa shape index (κ3) is 3.23. The van der Waals surface area contributed by atoms with E-state index in [-0.39, 0.29) is 23.1 Å². The van der Waals surface area contributed by atoms with Crippen molar-refractivity contribution in [2.24, 2.45) is 0 Å².